The quantitative estimate of drug-likeness (QED) is 0.701. The van der Waals surface area contributed by atoms with Crippen LogP contribution >= 0.6 is 0 Å². The van der Waals surface area contributed by atoms with Gasteiger partial charge in [0.2, 0.25) is 0 Å². The largest absolute Gasteiger partial charge is 0.396 e. The fraction of sp³-hybridized carbons (Fsp3) is 0.692. The number of ether oxygens (including phenoxy) is 1. The first kappa shape index (κ1) is 16.6. The SMILES string of the molecule is Nc1cn(CC(F)F)nc1C(=O)NCCCN1CCOCC1. The molecule has 1 fully saturated rings. The molecule has 1 aliphatic heterocycles. The maximum Gasteiger partial charge on any atom is 0.273 e. The fourth-order valence-corrected chi connectivity index (χ4v) is 2.26. The summed E-state index contributed by atoms with van der Waals surface area (Å²) in [6.45, 7) is 4.07. The van der Waals surface area contributed by atoms with E-state index in [0.717, 1.165) is 44.0 Å². The van der Waals surface area contributed by atoms with Gasteiger partial charge in [-0.15, -0.1) is 0 Å². The number of morpholine rings is 1. The van der Waals surface area contributed by atoms with Gasteiger partial charge in [-0.25, -0.2) is 8.78 Å². The molecule has 22 heavy (non-hydrogen) atoms. The Morgan fingerprint density at radius 1 is 1.45 bits per heavy atom. The highest BCUT2D eigenvalue weighted by molar-refractivity contribution is 5.96. The van der Waals surface area contributed by atoms with E-state index in [4.69, 9.17) is 10.5 Å². The molecular formula is C13H21F2N5O2. The number of aromatic nitrogens is 2. The number of rotatable bonds is 7. The molecular weight excluding hydrogens is 296 g/mol. The summed E-state index contributed by atoms with van der Waals surface area (Å²) in [5.74, 6) is -0.438. The molecule has 9 heteroatoms. The van der Waals surface area contributed by atoms with Gasteiger partial charge in [0.1, 0.15) is 6.54 Å². The van der Waals surface area contributed by atoms with E-state index in [1.54, 1.807) is 0 Å². The fourth-order valence-electron chi connectivity index (χ4n) is 2.26. The monoisotopic (exact) mass is 317 g/mol. The zero-order chi connectivity index (χ0) is 15.9. The zero-order valence-electron chi connectivity index (χ0n) is 12.3. The molecule has 0 unspecified atom stereocenters. The van der Waals surface area contributed by atoms with Crippen LogP contribution in [0.3, 0.4) is 0 Å². The average Bonchev–Trinajstić information content (AvgIpc) is 2.84. The van der Waals surface area contributed by atoms with E-state index in [9.17, 15) is 13.6 Å². The lowest BCUT2D eigenvalue weighted by atomic mass is 10.3. The second-order valence-electron chi connectivity index (χ2n) is 5.11. The normalized spacial score (nSPS) is 16.1. The van der Waals surface area contributed by atoms with Crippen LogP contribution in [0, 0.1) is 0 Å². The molecule has 0 radical (unpaired) electrons. The third-order valence-electron chi connectivity index (χ3n) is 3.37. The van der Waals surface area contributed by atoms with Crippen LogP contribution < -0.4 is 11.1 Å². The lowest BCUT2D eigenvalue weighted by Crippen LogP contribution is -2.38. The van der Waals surface area contributed by atoms with E-state index in [1.807, 2.05) is 0 Å². The summed E-state index contributed by atoms with van der Waals surface area (Å²) in [5.41, 5.74) is 5.72. The Balaban J connectivity index is 1.73. The summed E-state index contributed by atoms with van der Waals surface area (Å²) in [6, 6.07) is 0. The van der Waals surface area contributed by atoms with E-state index in [2.05, 4.69) is 15.3 Å². The smallest absolute Gasteiger partial charge is 0.273 e. The Hall–Kier alpha value is -1.74. The maximum absolute atomic E-state index is 12.3. The van der Waals surface area contributed by atoms with Crippen molar-refractivity contribution in [1.29, 1.82) is 0 Å². The van der Waals surface area contributed by atoms with Crippen LogP contribution in [0.15, 0.2) is 6.20 Å². The first-order valence-corrected chi connectivity index (χ1v) is 7.25. The molecule has 1 amide bonds. The van der Waals surface area contributed by atoms with E-state index < -0.39 is 18.9 Å². The van der Waals surface area contributed by atoms with Crippen LogP contribution in [0.5, 0.6) is 0 Å². The van der Waals surface area contributed by atoms with Crippen molar-refractivity contribution in [3.8, 4) is 0 Å². The number of nitrogens with one attached hydrogen (secondary N) is 1. The maximum atomic E-state index is 12.3. The van der Waals surface area contributed by atoms with Gasteiger partial charge in [0.25, 0.3) is 12.3 Å². The molecule has 0 atom stereocenters. The Kier molecular flexibility index (Phi) is 6.08. The van der Waals surface area contributed by atoms with Crippen molar-refractivity contribution in [1.82, 2.24) is 20.0 Å². The van der Waals surface area contributed by atoms with Crippen molar-refractivity contribution in [2.24, 2.45) is 0 Å². The van der Waals surface area contributed by atoms with Crippen molar-refractivity contribution in [2.45, 2.75) is 19.4 Å². The molecule has 0 saturated carbocycles. The van der Waals surface area contributed by atoms with Crippen molar-refractivity contribution in [3.63, 3.8) is 0 Å². The van der Waals surface area contributed by atoms with E-state index >= 15 is 0 Å². The molecule has 3 N–H and O–H groups in total. The number of hydrogen-bond acceptors (Lipinski definition) is 5. The summed E-state index contributed by atoms with van der Waals surface area (Å²) in [6.07, 6.45) is -0.498. The minimum absolute atomic E-state index is 0.00739. The van der Waals surface area contributed by atoms with Gasteiger partial charge < -0.3 is 15.8 Å². The van der Waals surface area contributed by atoms with Crippen molar-refractivity contribution in [3.05, 3.63) is 11.9 Å². The first-order valence-electron chi connectivity index (χ1n) is 7.25. The Bertz CT molecular complexity index is 489. The van der Waals surface area contributed by atoms with Gasteiger partial charge in [0, 0.05) is 25.8 Å². The summed E-state index contributed by atoms with van der Waals surface area (Å²) >= 11 is 0. The second kappa shape index (κ2) is 8.04. The number of carbonyl (C=O) groups is 1. The number of nitrogens with two attached hydrogens (primary N) is 1. The van der Waals surface area contributed by atoms with Crippen molar-refractivity contribution < 1.29 is 18.3 Å². The number of alkyl halides is 2. The molecule has 0 aromatic carbocycles. The highest BCUT2D eigenvalue weighted by Gasteiger charge is 2.16. The number of hydrogen-bond donors (Lipinski definition) is 2. The molecule has 1 saturated heterocycles. The van der Waals surface area contributed by atoms with Crippen LogP contribution in [-0.2, 0) is 11.3 Å². The Morgan fingerprint density at radius 3 is 2.86 bits per heavy atom. The van der Waals surface area contributed by atoms with Crippen molar-refractivity contribution in [2.75, 3.05) is 45.1 Å². The van der Waals surface area contributed by atoms with E-state index in [-0.39, 0.29) is 11.4 Å². The first-order chi connectivity index (χ1) is 10.6. The summed E-state index contributed by atoms with van der Waals surface area (Å²) in [4.78, 5) is 14.2. The summed E-state index contributed by atoms with van der Waals surface area (Å²) < 4.78 is 30.8. The second-order valence-corrected chi connectivity index (χ2v) is 5.11. The van der Waals surface area contributed by atoms with Crippen LogP contribution in [0.2, 0.25) is 0 Å². The number of amides is 1. The Morgan fingerprint density at radius 2 is 2.18 bits per heavy atom. The topological polar surface area (TPSA) is 85.4 Å². The molecule has 0 aliphatic carbocycles. The minimum Gasteiger partial charge on any atom is -0.396 e. The minimum atomic E-state index is -2.54. The van der Waals surface area contributed by atoms with Crippen LogP contribution in [-0.4, -0.2) is 66.4 Å². The molecule has 7 nitrogen and oxygen atoms in total. The highest BCUT2D eigenvalue weighted by atomic mass is 19.3. The summed E-state index contributed by atoms with van der Waals surface area (Å²) in [5, 5.41) is 6.50. The molecule has 2 rings (SSSR count). The van der Waals surface area contributed by atoms with Gasteiger partial charge in [0.15, 0.2) is 5.69 Å². The molecule has 1 aromatic rings. The molecule has 124 valence electrons. The van der Waals surface area contributed by atoms with E-state index in [0.29, 0.717) is 6.54 Å². The standard InChI is InChI=1S/C13H21F2N5O2/c14-11(15)9-20-8-10(16)12(18-20)13(21)17-2-1-3-19-4-6-22-7-5-19/h8,11H,1-7,9,16H2,(H,17,21). The molecule has 0 spiro atoms. The predicted molar refractivity (Wildman–Crippen MR) is 76.9 cm³/mol. The van der Waals surface area contributed by atoms with E-state index in [1.165, 1.54) is 6.20 Å². The van der Waals surface area contributed by atoms with Crippen LogP contribution in [0.1, 0.15) is 16.9 Å². The predicted octanol–water partition coefficient (Wildman–Crippen LogP) is 0.182. The molecule has 2 heterocycles. The Labute approximate surface area is 127 Å². The number of carbonyl (C=O) groups excluding carboxylic acids is 1. The van der Waals surface area contributed by atoms with Gasteiger partial charge in [-0.2, -0.15) is 5.10 Å². The number of halogens is 2. The zero-order valence-corrected chi connectivity index (χ0v) is 12.3. The number of anilines is 1. The van der Waals surface area contributed by atoms with Crippen molar-refractivity contribution >= 4 is 11.6 Å². The van der Waals surface area contributed by atoms with Gasteiger partial charge in [0.05, 0.1) is 18.9 Å². The lowest BCUT2D eigenvalue weighted by Gasteiger charge is -2.26. The molecule has 1 aliphatic rings. The average molecular weight is 317 g/mol. The third kappa shape index (κ3) is 4.92. The van der Waals surface area contributed by atoms with Gasteiger partial charge in [-0.1, -0.05) is 0 Å². The van der Waals surface area contributed by atoms with Crippen LogP contribution in [0.4, 0.5) is 14.5 Å². The van der Waals surface area contributed by atoms with Crippen LogP contribution in [0.25, 0.3) is 0 Å². The van der Waals surface area contributed by atoms with Gasteiger partial charge in [-0.05, 0) is 13.0 Å². The number of nitrogen functional groups attached to an aromatic ring is 1. The number of nitrogens with zero attached hydrogens (tertiary/aromatic N) is 3. The molecule has 0 bridgehead atoms. The summed E-state index contributed by atoms with van der Waals surface area (Å²) in [7, 11) is 0. The highest BCUT2D eigenvalue weighted by Crippen LogP contribution is 2.10. The lowest BCUT2D eigenvalue weighted by molar-refractivity contribution is 0.0374. The molecule has 1 aromatic heterocycles. The van der Waals surface area contributed by atoms with Gasteiger partial charge >= 0.3 is 0 Å². The van der Waals surface area contributed by atoms with Gasteiger partial charge in [-0.3, -0.25) is 14.4 Å². The third-order valence-corrected chi connectivity index (χ3v) is 3.37.